The number of benzene rings is 1. The van der Waals surface area contributed by atoms with Gasteiger partial charge in [0.05, 0.1) is 5.69 Å². The van der Waals surface area contributed by atoms with Gasteiger partial charge in [0.25, 0.3) is 5.56 Å². The molecule has 3 aromatic rings. The first-order valence-electron chi connectivity index (χ1n) is 11.8. The summed E-state index contributed by atoms with van der Waals surface area (Å²) in [6.45, 7) is 5.29. The third kappa shape index (κ3) is 11.8. The van der Waals surface area contributed by atoms with Crippen molar-refractivity contribution in [1.82, 2.24) is 25.2 Å². The molecule has 0 bridgehead atoms. The lowest BCUT2D eigenvalue weighted by molar-refractivity contribution is -0.193. The summed E-state index contributed by atoms with van der Waals surface area (Å²) in [5.74, 6) is -4.93. The second-order valence-corrected chi connectivity index (χ2v) is 8.40. The van der Waals surface area contributed by atoms with Gasteiger partial charge in [-0.1, -0.05) is 24.3 Å². The number of hydrogen-bond acceptors (Lipinski definition) is 7. The second-order valence-electron chi connectivity index (χ2n) is 8.40. The van der Waals surface area contributed by atoms with Crippen LogP contribution in [0.4, 0.5) is 26.3 Å². The standard InChI is InChI=1S/C21H23N5O.2C2HF3O2/c27-20-14-19(17-6-9-23-10-7-17)24-21(25-20)18-4-2-16(3-5-18)15-26-12-1-8-22-11-13-26;2*3-2(4,5)1(6)7/h2-7,9-10,14,22H,1,8,11-13,15H2,(H,24,25,27);2*(H,6,7). The van der Waals surface area contributed by atoms with Crippen LogP contribution in [0, 0.1) is 0 Å². The van der Waals surface area contributed by atoms with Crippen molar-refractivity contribution in [3.8, 4) is 22.6 Å². The van der Waals surface area contributed by atoms with Crippen molar-refractivity contribution < 1.29 is 46.1 Å². The number of aromatic nitrogens is 3. The second kappa shape index (κ2) is 14.9. The highest BCUT2D eigenvalue weighted by Crippen LogP contribution is 2.20. The molecule has 41 heavy (non-hydrogen) atoms. The molecule has 1 fully saturated rings. The van der Waals surface area contributed by atoms with E-state index >= 15 is 0 Å². The highest BCUT2D eigenvalue weighted by Gasteiger charge is 2.38. The lowest BCUT2D eigenvalue weighted by Crippen LogP contribution is -2.27. The molecule has 1 aromatic carbocycles. The van der Waals surface area contributed by atoms with Crippen LogP contribution in [0.1, 0.15) is 12.0 Å². The Kier molecular flexibility index (Phi) is 12.0. The topological polar surface area (TPSA) is 149 Å². The van der Waals surface area contributed by atoms with Gasteiger partial charge >= 0.3 is 24.3 Å². The average molecular weight is 589 g/mol. The Morgan fingerprint density at radius 1 is 0.854 bits per heavy atom. The van der Waals surface area contributed by atoms with Gasteiger partial charge in [-0.3, -0.25) is 14.7 Å². The van der Waals surface area contributed by atoms with Gasteiger partial charge in [-0.2, -0.15) is 26.3 Å². The highest BCUT2D eigenvalue weighted by atomic mass is 19.4. The number of alkyl halides is 6. The highest BCUT2D eigenvalue weighted by molar-refractivity contribution is 5.73. The molecule has 0 spiro atoms. The summed E-state index contributed by atoms with van der Waals surface area (Å²) in [7, 11) is 0. The fourth-order valence-corrected chi connectivity index (χ4v) is 3.35. The number of aromatic amines is 1. The van der Waals surface area contributed by atoms with Crippen LogP contribution in [-0.2, 0) is 16.1 Å². The molecule has 2 aromatic heterocycles. The maximum Gasteiger partial charge on any atom is 0.490 e. The number of H-pyrrole nitrogens is 1. The SMILES string of the molecule is O=C(O)C(F)(F)F.O=C(O)C(F)(F)F.O=c1cc(-c2ccncc2)nc(-c2ccc(CN3CCCNCC3)cc2)[nH]1. The summed E-state index contributed by atoms with van der Waals surface area (Å²) in [5.41, 5.74) is 3.55. The van der Waals surface area contributed by atoms with E-state index in [-0.39, 0.29) is 5.56 Å². The average Bonchev–Trinajstić information content (AvgIpc) is 3.17. The monoisotopic (exact) mass is 589 g/mol. The molecule has 1 aliphatic rings. The van der Waals surface area contributed by atoms with Gasteiger partial charge in [0.2, 0.25) is 0 Å². The van der Waals surface area contributed by atoms with Crippen LogP contribution in [0.15, 0.2) is 59.7 Å². The van der Waals surface area contributed by atoms with E-state index in [1.54, 1.807) is 12.4 Å². The Bertz CT molecular complexity index is 1300. The Morgan fingerprint density at radius 3 is 1.95 bits per heavy atom. The van der Waals surface area contributed by atoms with E-state index in [9.17, 15) is 31.1 Å². The lowest BCUT2D eigenvalue weighted by atomic mass is 10.1. The summed E-state index contributed by atoms with van der Waals surface area (Å²) in [4.78, 5) is 43.8. The van der Waals surface area contributed by atoms with Gasteiger partial charge < -0.3 is 20.5 Å². The molecule has 4 N–H and O–H groups in total. The van der Waals surface area contributed by atoms with E-state index in [2.05, 4.69) is 37.3 Å². The molecule has 0 aliphatic carbocycles. The van der Waals surface area contributed by atoms with Gasteiger partial charge in [0, 0.05) is 49.2 Å². The summed E-state index contributed by atoms with van der Waals surface area (Å²) in [6.07, 6.45) is -5.58. The van der Waals surface area contributed by atoms with E-state index in [1.807, 2.05) is 24.3 Å². The molecular weight excluding hydrogens is 564 g/mol. The number of pyridine rings is 1. The Hall–Kier alpha value is -4.31. The van der Waals surface area contributed by atoms with Crippen LogP contribution in [0.5, 0.6) is 0 Å². The molecule has 0 unspecified atom stereocenters. The van der Waals surface area contributed by atoms with Crippen molar-refractivity contribution in [3.05, 3.63) is 70.8 Å². The van der Waals surface area contributed by atoms with Crippen LogP contribution in [0.2, 0.25) is 0 Å². The minimum atomic E-state index is -5.08. The van der Waals surface area contributed by atoms with Gasteiger partial charge in [-0.15, -0.1) is 0 Å². The predicted molar refractivity (Wildman–Crippen MR) is 134 cm³/mol. The lowest BCUT2D eigenvalue weighted by Gasteiger charge is -2.19. The van der Waals surface area contributed by atoms with E-state index in [1.165, 1.54) is 18.1 Å². The maximum absolute atomic E-state index is 12.1. The van der Waals surface area contributed by atoms with Crippen molar-refractivity contribution in [3.63, 3.8) is 0 Å². The molecule has 16 heteroatoms. The summed E-state index contributed by atoms with van der Waals surface area (Å²) < 4.78 is 63.5. The quantitative estimate of drug-likeness (QED) is 0.335. The number of halogens is 6. The molecule has 3 heterocycles. The smallest absolute Gasteiger partial charge is 0.475 e. The van der Waals surface area contributed by atoms with Crippen LogP contribution in [-0.4, -0.2) is 80.5 Å². The van der Waals surface area contributed by atoms with Gasteiger partial charge in [-0.25, -0.2) is 14.6 Å². The van der Waals surface area contributed by atoms with Crippen LogP contribution >= 0.6 is 0 Å². The summed E-state index contributed by atoms with van der Waals surface area (Å²) in [5, 5.41) is 17.7. The van der Waals surface area contributed by atoms with E-state index in [0.717, 1.165) is 43.9 Å². The van der Waals surface area contributed by atoms with Crippen LogP contribution in [0.3, 0.4) is 0 Å². The zero-order valence-corrected chi connectivity index (χ0v) is 21.2. The molecule has 0 radical (unpaired) electrons. The molecule has 0 saturated carbocycles. The van der Waals surface area contributed by atoms with Gasteiger partial charge in [-0.05, 0) is 37.2 Å². The summed E-state index contributed by atoms with van der Waals surface area (Å²) in [6, 6.07) is 13.5. The fourth-order valence-electron chi connectivity index (χ4n) is 3.35. The van der Waals surface area contributed by atoms with Crippen molar-refractivity contribution in [2.75, 3.05) is 26.2 Å². The number of carbonyl (C=O) groups is 2. The Labute approximate surface area is 228 Å². The third-order valence-corrected chi connectivity index (χ3v) is 5.27. The third-order valence-electron chi connectivity index (χ3n) is 5.27. The predicted octanol–water partition coefficient (Wildman–Crippen LogP) is 3.56. The molecule has 1 aliphatic heterocycles. The van der Waals surface area contributed by atoms with E-state index in [0.29, 0.717) is 11.5 Å². The van der Waals surface area contributed by atoms with Gasteiger partial charge in [0.15, 0.2) is 0 Å². The Morgan fingerprint density at radius 2 is 1.41 bits per heavy atom. The minimum Gasteiger partial charge on any atom is -0.475 e. The maximum atomic E-state index is 12.1. The van der Waals surface area contributed by atoms with Gasteiger partial charge in [0.1, 0.15) is 5.82 Å². The number of carboxylic acids is 2. The molecule has 10 nitrogen and oxygen atoms in total. The zero-order valence-electron chi connectivity index (χ0n) is 21.2. The molecule has 222 valence electrons. The van der Waals surface area contributed by atoms with Crippen LogP contribution in [0.25, 0.3) is 22.6 Å². The molecule has 1 saturated heterocycles. The molecule has 0 atom stereocenters. The number of nitrogens with one attached hydrogen (secondary N) is 2. The largest absolute Gasteiger partial charge is 0.490 e. The van der Waals surface area contributed by atoms with Crippen LogP contribution < -0.4 is 10.9 Å². The Balaban J connectivity index is 0.000000349. The minimum absolute atomic E-state index is 0.159. The first-order valence-corrected chi connectivity index (χ1v) is 11.8. The number of nitrogens with zero attached hydrogens (tertiary/aromatic N) is 3. The number of carboxylic acid groups (broad SMARTS) is 2. The molecular formula is C25H25F6N5O5. The van der Waals surface area contributed by atoms with Crippen molar-refractivity contribution in [2.24, 2.45) is 0 Å². The number of rotatable bonds is 4. The first kappa shape index (κ1) is 32.9. The van der Waals surface area contributed by atoms with Crippen molar-refractivity contribution in [2.45, 2.75) is 25.3 Å². The zero-order chi connectivity index (χ0) is 30.6. The number of hydrogen-bond donors (Lipinski definition) is 4. The molecule has 4 rings (SSSR count). The number of aliphatic carboxylic acids is 2. The summed E-state index contributed by atoms with van der Waals surface area (Å²) >= 11 is 0. The van der Waals surface area contributed by atoms with E-state index < -0.39 is 24.3 Å². The fraction of sp³-hybridized carbons (Fsp3) is 0.320. The normalized spacial score (nSPS) is 14.0. The van der Waals surface area contributed by atoms with E-state index in [4.69, 9.17) is 19.8 Å². The molecule has 0 amide bonds. The van der Waals surface area contributed by atoms with Crippen molar-refractivity contribution in [1.29, 1.82) is 0 Å². The first-order chi connectivity index (χ1) is 19.2. The van der Waals surface area contributed by atoms with Crippen molar-refractivity contribution >= 4 is 11.9 Å².